The molecule has 0 saturated heterocycles. The zero-order valence-corrected chi connectivity index (χ0v) is 27.6. The average molecular weight is 662 g/mol. The Bertz CT molecular complexity index is 1720. The van der Waals surface area contributed by atoms with Crippen molar-refractivity contribution in [3.63, 3.8) is 0 Å². The number of rotatable bonds is 16. The van der Waals surface area contributed by atoms with E-state index in [1.54, 1.807) is 42.5 Å². The molecule has 4 rings (SSSR count). The van der Waals surface area contributed by atoms with Gasteiger partial charge in [0.2, 0.25) is 11.8 Å². The van der Waals surface area contributed by atoms with Gasteiger partial charge in [-0.15, -0.1) is 0 Å². The number of anilines is 1. The van der Waals surface area contributed by atoms with E-state index in [1.807, 2.05) is 50.2 Å². The number of nitrogens with zero attached hydrogens (tertiary/aromatic N) is 2. The second-order valence-corrected chi connectivity index (χ2v) is 12.6. The van der Waals surface area contributed by atoms with E-state index >= 15 is 0 Å². The largest absolute Gasteiger partial charge is 0.497 e. The maximum Gasteiger partial charge on any atom is 0.264 e. The van der Waals surface area contributed by atoms with Crippen LogP contribution in [0.25, 0.3) is 0 Å². The third kappa shape index (κ3) is 9.32. The van der Waals surface area contributed by atoms with E-state index in [4.69, 9.17) is 9.47 Å². The van der Waals surface area contributed by atoms with Crippen molar-refractivity contribution in [3.8, 4) is 11.5 Å². The number of ether oxygens (including phenoxy) is 2. The summed E-state index contributed by atoms with van der Waals surface area (Å²) >= 11 is 0. The number of halogens is 1. The van der Waals surface area contributed by atoms with Crippen molar-refractivity contribution in [1.29, 1.82) is 0 Å². The van der Waals surface area contributed by atoms with E-state index in [1.165, 1.54) is 12.0 Å². The van der Waals surface area contributed by atoms with Gasteiger partial charge < -0.3 is 19.7 Å². The second kappa shape index (κ2) is 16.6. The first-order valence-electron chi connectivity index (χ1n) is 15.4. The lowest BCUT2D eigenvalue weighted by atomic mass is 10.0. The molecule has 4 aromatic carbocycles. The first-order chi connectivity index (χ1) is 22.7. The molecule has 11 heteroatoms. The molecule has 0 aliphatic carbocycles. The molecule has 0 radical (unpaired) electrons. The van der Waals surface area contributed by atoms with Crippen LogP contribution >= 0.6 is 0 Å². The van der Waals surface area contributed by atoms with Gasteiger partial charge in [0.05, 0.1) is 24.3 Å². The van der Waals surface area contributed by atoms with Crippen LogP contribution < -0.4 is 19.1 Å². The van der Waals surface area contributed by atoms with Gasteiger partial charge in [-0.3, -0.25) is 13.9 Å². The lowest BCUT2D eigenvalue weighted by molar-refractivity contribution is -0.140. The topological polar surface area (TPSA) is 105 Å². The molecule has 248 valence electrons. The molecule has 0 saturated carbocycles. The lowest BCUT2D eigenvalue weighted by Crippen LogP contribution is -2.53. The fourth-order valence-corrected chi connectivity index (χ4v) is 6.44. The summed E-state index contributed by atoms with van der Waals surface area (Å²) in [5.41, 5.74) is 1.71. The van der Waals surface area contributed by atoms with Crippen LogP contribution in [0.4, 0.5) is 10.1 Å². The predicted octanol–water partition coefficient (Wildman–Crippen LogP) is 5.59. The third-order valence-electron chi connectivity index (χ3n) is 7.42. The van der Waals surface area contributed by atoms with E-state index in [0.717, 1.165) is 34.1 Å². The highest BCUT2D eigenvalue weighted by molar-refractivity contribution is 7.92. The number of carbonyl (C=O) groups excluding carboxylic acids is 2. The number of methoxy groups -OCH3 is 1. The first kappa shape index (κ1) is 35.0. The molecule has 0 spiro atoms. The van der Waals surface area contributed by atoms with Crippen molar-refractivity contribution < 1.29 is 31.9 Å². The van der Waals surface area contributed by atoms with Crippen molar-refractivity contribution in [2.75, 3.05) is 31.1 Å². The number of carbonyl (C=O) groups is 2. The Balaban J connectivity index is 1.80. The van der Waals surface area contributed by atoms with Crippen molar-refractivity contribution >= 4 is 27.5 Å². The Morgan fingerprint density at radius 3 is 2.17 bits per heavy atom. The molecule has 2 amide bonds. The molecule has 4 aromatic rings. The first-order valence-corrected chi connectivity index (χ1v) is 16.9. The highest BCUT2D eigenvalue weighted by Gasteiger charge is 2.34. The molecule has 0 aromatic heterocycles. The van der Waals surface area contributed by atoms with Gasteiger partial charge in [-0.2, -0.15) is 0 Å². The van der Waals surface area contributed by atoms with E-state index < -0.39 is 34.3 Å². The molecular formula is C36H40FN3O6S. The van der Waals surface area contributed by atoms with Crippen LogP contribution in [0.3, 0.4) is 0 Å². The summed E-state index contributed by atoms with van der Waals surface area (Å²) in [6.07, 6.45) is 0.884. The van der Waals surface area contributed by atoms with Crippen molar-refractivity contribution in [2.45, 2.75) is 44.2 Å². The normalized spacial score (nSPS) is 11.7. The van der Waals surface area contributed by atoms with Crippen molar-refractivity contribution in [3.05, 3.63) is 120 Å². The molecule has 0 fully saturated rings. The Kier molecular flexibility index (Phi) is 12.3. The Morgan fingerprint density at radius 1 is 0.851 bits per heavy atom. The molecule has 47 heavy (non-hydrogen) atoms. The van der Waals surface area contributed by atoms with Crippen molar-refractivity contribution in [2.24, 2.45) is 0 Å². The summed E-state index contributed by atoms with van der Waals surface area (Å²) in [5.74, 6) is -0.475. The minimum absolute atomic E-state index is 0.000786. The van der Waals surface area contributed by atoms with Gasteiger partial charge in [0.1, 0.15) is 29.9 Å². The van der Waals surface area contributed by atoms with Gasteiger partial charge in [0.15, 0.2) is 0 Å². The molecule has 9 nitrogen and oxygen atoms in total. The smallest absolute Gasteiger partial charge is 0.264 e. The summed E-state index contributed by atoms with van der Waals surface area (Å²) in [7, 11) is -2.83. The zero-order chi connectivity index (χ0) is 33.8. The van der Waals surface area contributed by atoms with Crippen LogP contribution in [0.1, 0.15) is 31.4 Å². The highest BCUT2D eigenvalue weighted by Crippen LogP contribution is 2.27. The number of hydrogen-bond acceptors (Lipinski definition) is 6. The summed E-state index contributed by atoms with van der Waals surface area (Å²) < 4.78 is 53.9. The predicted molar refractivity (Wildman–Crippen MR) is 179 cm³/mol. The molecule has 0 aliphatic heterocycles. The van der Waals surface area contributed by atoms with E-state index in [2.05, 4.69) is 5.32 Å². The van der Waals surface area contributed by atoms with E-state index in [9.17, 15) is 22.4 Å². The Morgan fingerprint density at radius 2 is 1.53 bits per heavy atom. The van der Waals surface area contributed by atoms with Crippen LogP contribution in [0.15, 0.2) is 108 Å². The molecule has 1 atom stereocenters. The summed E-state index contributed by atoms with van der Waals surface area (Å²) in [6.45, 7) is 3.95. The van der Waals surface area contributed by atoms with Crippen molar-refractivity contribution in [1.82, 2.24) is 10.2 Å². The van der Waals surface area contributed by atoms with Crippen LogP contribution in [0.5, 0.6) is 11.5 Å². The van der Waals surface area contributed by atoms with Crippen LogP contribution in [-0.4, -0.2) is 58.0 Å². The average Bonchev–Trinajstić information content (AvgIpc) is 3.08. The number of hydrogen-bond donors (Lipinski definition) is 1. The minimum atomic E-state index is -4.37. The fraction of sp³-hybridized carbons (Fsp3) is 0.278. The van der Waals surface area contributed by atoms with E-state index in [-0.39, 0.29) is 29.5 Å². The quantitative estimate of drug-likeness (QED) is 0.168. The minimum Gasteiger partial charge on any atom is -0.497 e. The third-order valence-corrected chi connectivity index (χ3v) is 9.21. The van der Waals surface area contributed by atoms with Gasteiger partial charge in [0, 0.05) is 19.5 Å². The van der Waals surface area contributed by atoms with Gasteiger partial charge >= 0.3 is 0 Å². The van der Waals surface area contributed by atoms with Gasteiger partial charge in [-0.25, -0.2) is 12.8 Å². The molecule has 0 unspecified atom stereocenters. The second-order valence-electron chi connectivity index (χ2n) is 10.8. The highest BCUT2D eigenvalue weighted by atomic mass is 32.2. The summed E-state index contributed by atoms with van der Waals surface area (Å²) in [6, 6.07) is 26.2. The Labute approximate surface area is 276 Å². The number of amides is 2. The molecular weight excluding hydrogens is 621 g/mol. The maximum atomic E-state index is 14.5. The lowest BCUT2D eigenvalue weighted by Gasteiger charge is -2.34. The van der Waals surface area contributed by atoms with Gasteiger partial charge in [-0.1, -0.05) is 49.4 Å². The SMILES string of the molecule is CCCNC(=O)[C@@H](Cc1ccccc1)N(Cc1cccc(OC)c1)C(=O)CN(c1ccc(OCC)cc1)S(=O)(=O)c1ccc(F)cc1. The molecule has 0 bridgehead atoms. The van der Waals surface area contributed by atoms with Crippen LogP contribution in [-0.2, 0) is 32.6 Å². The molecule has 1 N–H and O–H groups in total. The molecule has 0 aliphatic rings. The van der Waals surface area contributed by atoms with Crippen LogP contribution in [0, 0.1) is 5.82 Å². The standard InChI is InChI=1S/C36H40FN3O6S/c1-4-22-38-36(42)34(24-27-10-7-6-8-11-27)39(25-28-12-9-13-32(23-28)45-3)35(41)26-40(30-16-18-31(19-17-30)46-5-2)47(43,44)33-20-14-29(37)15-21-33/h6-21,23,34H,4-5,22,24-26H2,1-3H3,(H,38,42)/t34-/m1/s1. The monoisotopic (exact) mass is 661 g/mol. The van der Waals surface area contributed by atoms with Gasteiger partial charge in [-0.05, 0) is 85.1 Å². The van der Waals surface area contributed by atoms with Crippen LogP contribution in [0.2, 0.25) is 0 Å². The van der Waals surface area contributed by atoms with Gasteiger partial charge in [0.25, 0.3) is 10.0 Å². The summed E-state index contributed by atoms with van der Waals surface area (Å²) in [4.78, 5) is 29.5. The maximum absolute atomic E-state index is 14.5. The summed E-state index contributed by atoms with van der Waals surface area (Å²) in [5, 5.41) is 2.92. The number of nitrogens with one attached hydrogen (secondary N) is 1. The van der Waals surface area contributed by atoms with E-state index in [0.29, 0.717) is 36.6 Å². The number of sulfonamides is 1. The fourth-order valence-electron chi connectivity index (χ4n) is 5.03. The Hall–Kier alpha value is -4.90. The number of benzene rings is 4. The molecule has 0 heterocycles. The zero-order valence-electron chi connectivity index (χ0n) is 26.8.